The van der Waals surface area contributed by atoms with Crippen molar-refractivity contribution >= 4 is 40.4 Å². The molecule has 2 amide bonds. The number of hydrogen-bond acceptors (Lipinski definition) is 10. The van der Waals surface area contributed by atoms with Gasteiger partial charge in [-0.2, -0.15) is 9.97 Å². The summed E-state index contributed by atoms with van der Waals surface area (Å²) in [7, 11) is 4.68. The van der Waals surface area contributed by atoms with Crippen molar-refractivity contribution < 1.29 is 23.8 Å². The van der Waals surface area contributed by atoms with E-state index in [0.717, 1.165) is 32.4 Å². The molecular formula is C27H36N8O5. The van der Waals surface area contributed by atoms with E-state index < -0.39 is 0 Å². The smallest absolute Gasteiger partial charge is 0.231 e. The monoisotopic (exact) mass is 552 g/mol. The molecule has 13 heteroatoms. The molecule has 0 aliphatic carbocycles. The molecule has 13 nitrogen and oxygen atoms in total. The summed E-state index contributed by atoms with van der Waals surface area (Å²) < 4.78 is 18.4. The molecule has 2 aromatic heterocycles. The van der Waals surface area contributed by atoms with Gasteiger partial charge < -0.3 is 39.2 Å². The molecule has 2 aliphatic heterocycles. The summed E-state index contributed by atoms with van der Waals surface area (Å²) >= 11 is 0. The van der Waals surface area contributed by atoms with Gasteiger partial charge in [0.15, 0.2) is 28.5 Å². The molecule has 2 saturated heterocycles. The van der Waals surface area contributed by atoms with E-state index >= 15 is 0 Å². The lowest BCUT2D eigenvalue weighted by atomic mass is 10.2. The van der Waals surface area contributed by atoms with E-state index in [1.807, 2.05) is 14.4 Å². The minimum atomic E-state index is 0.183. The second-order valence-electron chi connectivity index (χ2n) is 9.79. The number of nitrogens with one attached hydrogen (secondary N) is 2. The van der Waals surface area contributed by atoms with Crippen molar-refractivity contribution in [3.8, 4) is 17.2 Å². The first-order valence-corrected chi connectivity index (χ1v) is 13.6. The van der Waals surface area contributed by atoms with Gasteiger partial charge in [-0.05, 0) is 19.3 Å². The summed E-state index contributed by atoms with van der Waals surface area (Å²) in [6.07, 6.45) is 5.58. The predicted octanol–water partition coefficient (Wildman–Crippen LogP) is 2.64. The number of carbonyl (C=O) groups is 2. The molecule has 0 spiro atoms. The first-order chi connectivity index (χ1) is 19.5. The van der Waals surface area contributed by atoms with Crippen molar-refractivity contribution in [2.75, 3.05) is 64.7 Å². The normalized spacial score (nSPS) is 15.3. The van der Waals surface area contributed by atoms with Crippen LogP contribution < -0.4 is 24.8 Å². The number of likely N-dealkylation sites (tertiary alicyclic amines) is 2. The number of hydrogen-bond donors (Lipinski definition) is 2. The van der Waals surface area contributed by atoms with E-state index in [-0.39, 0.29) is 11.8 Å². The molecular weight excluding hydrogens is 516 g/mol. The zero-order chi connectivity index (χ0) is 28.1. The van der Waals surface area contributed by atoms with Crippen molar-refractivity contribution in [2.24, 2.45) is 0 Å². The highest BCUT2D eigenvalue weighted by Crippen LogP contribution is 2.40. The molecule has 4 heterocycles. The third-order valence-corrected chi connectivity index (χ3v) is 7.24. The van der Waals surface area contributed by atoms with E-state index in [9.17, 15) is 9.59 Å². The van der Waals surface area contributed by atoms with Gasteiger partial charge in [0.1, 0.15) is 0 Å². The molecule has 1 aromatic carbocycles. The lowest BCUT2D eigenvalue weighted by Crippen LogP contribution is -2.28. The molecule has 0 atom stereocenters. The fourth-order valence-corrected chi connectivity index (χ4v) is 5.16. The van der Waals surface area contributed by atoms with E-state index in [1.54, 1.807) is 39.8 Å². The fourth-order valence-electron chi connectivity index (χ4n) is 5.16. The Morgan fingerprint density at radius 3 is 2.15 bits per heavy atom. The van der Waals surface area contributed by atoms with Crippen LogP contribution >= 0.6 is 0 Å². The molecule has 2 aliphatic rings. The van der Waals surface area contributed by atoms with Crippen LogP contribution in [0.25, 0.3) is 11.2 Å². The van der Waals surface area contributed by atoms with Crippen molar-refractivity contribution in [3.05, 3.63) is 18.5 Å². The van der Waals surface area contributed by atoms with Gasteiger partial charge in [-0.3, -0.25) is 9.59 Å². The maximum absolute atomic E-state index is 12.1. The molecule has 0 radical (unpaired) electrons. The van der Waals surface area contributed by atoms with Crippen LogP contribution in [0.5, 0.6) is 17.2 Å². The number of fused-ring (bicyclic) bond motifs is 1. The highest BCUT2D eigenvalue weighted by Gasteiger charge is 2.22. The van der Waals surface area contributed by atoms with Crippen LogP contribution in [0.2, 0.25) is 0 Å². The minimum absolute atomic E-state index is 0.183. The van der Waals surface area contributed by atoms with Crippen molar-refractivity contribution in [2.45, 2.75) is 38.6 Å². The number of methoxy groups -OCH3 is 3. The lowest BCUT2D eigenvalue weighted by molar-refractivity contribution is -0.128. The Hall–Kier alpha value is -4.29. The molecule has 0 saturated carbocycles. The van der Waals surface area contributed by atoms with Crippen molar-refractivity contribution in [1.29, 1.82) is 0 Å². The van der Waals surface area contributed by atoms with Crippen LogP contribution in [0.1, 0.15) is 32.1 Å². The van der Waals surface area contributed by atoms with Crippen molar-refractivity contribution in [3.63, 3.8) is 0 Å². The number of aromatic nitrogens is 4. The molecule has 2 fully saturated rings. The largest absolute Gasteiger partial charge is 0.493 e. The number of rotatable bonds is 13. The van der Waals surface area contributed by atoms with E-state index in [2.05, 4.69) is 15.6 Å². The van der Waals surface area contributed by atoms with E-state index in [4.69, 9.17) is 24.2 Å². The second-order valence-corrected chi connectivity index (χ2v) is 9.79. The van der Waals surface area contributed by atoms with Gasteiger partial charge in [0.05, 0.1) is 27.7 Å². The van der Waals surface area contributed by atoms with Crippen LogP contribution in [0.3, 0.4) is 0 Å². The quantitative estimate of drug-likeness (QED) is 0.305. The van der Waals surface area contributed by atoms with Gasteiger partial charge in [-0.1, -0.05) is 0 Å². The number of anilines is 3. The Labute approximate surface area is 232 Å². The summed E-state index contributed by atoms with van der Waals surface area (Å²) in [5, 5.41) is 6.66. The molecule has 0 bridgehead atoms. The van der Waals surface area contributed by atoms with Crippen LogP contribution in [-0.2, 0) is 16.1 Å². The Morgan fingerprint density at radius 2 is 1.55 bits per heavy atom. The summed E-state index contributed by atoms with van der Waals surface area (Å²) in [5.74, 6) is 2.84. The summed E-state index contributed by atoms with van der Waals surface area (Å²) in [5.41, 5.74) is 1.94. The maximum Gasteiger partial charge on any atom is 0.231 e. The number of carbonyl (C=O) groups excluding carboxylic acids is 2. The van der Waals surface area contributed by atoms with Gasteiger partial charge in [-0.15, -0.1) is 0 Å². The van der Waals surface area contributed by atoms with Crippen LogP contribution in [0.15, 0.2) is 18.5 Å². The van der Waals surface area contributed by atoms with E-state index in [1.165, 1.54) is 0 Å². The number of amides is 2. The van der Waals surface area contributed by atoms with Gasteiger partial charge >= 0.3 is 0 Å². The third-order valence-electron chi connectivity index (χ3n) is 7.24. The van der Waals surface area contributed by atoms with Gasteiger partial charge in [0, 0.05) is 69.9 Å². The number of ether oxygens (including phenoxy) is 3. The first kappa shape index (κ1) is 27.3. The Bertz CT molecular complexity index is 1350. The first-order valence-electron chi connectivity index (χ1n) is 13.6. The third kappa shape index (κ3) is 5.82. The Kier molecular flexibility index (Phi) is 8.37. The second kappa shape index (κ2) is 12.3. The number of imidazole rings is 1. The number of benzene rings is 1. The lowest BCUT2D eigenvalue weighted by Gasteiger charge is -2.17. The fraction of sp³-hybridized carbons (Fsp3) is 0.519. The SMILES string of the molecule is COc1cc(Nc2nc(NCCCN3CCCC3=O)c3ncn(CCN4CCCC4=O)c3n2)cc(OC)c1OC. The van der Waals surface area contributed by atoms with Crippen LogP contribution in [0.4, 0.5) is 17.5 Å². The van der Waals surface area contributed by atoms with E-state index in [0.29, 0.717) is 84.9 Å². The zero-order valence-electron chi connectivity index (χ0n) is 23.2. The molecule has 40 heavy (non-hydrogen) atoms. The molecule has 0 unspecified atom stereocenters. The zero-order valence-corrected chi connectivity index (χ0v) is 23.2. The average molecular weight is 553 g/mol. The Morgan fingerprint density at radius 1 is 0.875 bits per heavy atom. The topological polar surface area (TPSA) is 136 Å². The minimum Gasteiger partial charge on any atom is -0.493 e. The number of nitrogens with zero attached hydrogens (tertiary/aromatic N) is 6. The highest BCUT2D eigenvalue weighted by molar-refractivity contribution is 5.85. The maximum atomic E-state index is 12.1. The van der Waals surface area contributed by atoms with Crippen LogP contribution in [-0.4, -0.2) is 95.2 Å². The van der Waals surface area contributed by atoms with Gasteiger partial charge in [0.2, 0.25) is 23.5 Å². The van der Waals surface area contributed by atoms with Gasteiger partial charge in [-0.25, -0.2) is 4.98 Å². The highest BCUT2D eigenvalue weighted by atomic mass is 16.5. The average Bonchev–Trinajstić information content (AvgIpc) is 3.69. The predicted molar refractivity (Wildman–Crippen MR) is 149 cm³/mol. The molecule has 5 rings (SSSR count). The molecule has 2 N–H and O–H groups in total. The molecule has 214 valence electrons. The Balaban J connectivity index is 1.40. The molecule has 3 aromatic rings. The summed E-state index contributed by atoms with van der Waals surface area (Å²) in [6, 6.07) is 3.57. The summed E-state index contributed by atoms with van der Waals surface area (Å²) in [4.78, 5) is 42.0. The summed E-state index contributed by atoms with van der Waals surface area (Å²) in [6.45, 7) is 4.09. The van der Waals surface area contributed by atoms with Gasteiger partial charge in [0.25, 0.3) is 0 Å². The van der Waals surface area contributed by atoms with Crippen molar-refractivity contribution in [1.82, 2.24) is 29.3 Å². The van der Waals surface area contributed by atoms with Crippen LogP contribution in [0, 0.1) is 0 Å². The standard InChI is InChI=1S/C27H36N8O5/c1-38-19-15-18(16-20(39-2)24(19)40-3)30-27-31-25(28-9-6-12-33-10-4-7-21(33)36)23-26(32-27)35(17-29-23)14-13-34-11-5-8-22(34)37/h15-17H,4-14H2,1-3H3,(H2,28,30,31,32).